The summed E-state index contributed by atoms with van der Waals surface area (Å²) in [5.41, 5.74) is 3.64. The van der Waals surface area contributed by atoms with Crippen LogP contribution in [-0.4, -0.2) is 47.0 Å². The molecule has 1 aromatic carbocycles. The number of fused-ring (bicyclic) bond motifs is 3. The number of alkyl halides is 3. The summed E-state index contributed by atoms with van der Waals surface area (Å²) >= 11 is 0. The third-order valence-electron chi connectivity index (χ3n) is 6.65. The predicted octanol–water partition coefficient (Wildman–Crippen LogP) is 4.67. The van der Waals surface area contributed by atoms with Crippen LogP contribution in [0, 0.1) is 5.92 Å². The number of rotatable bonds is 2. The summed E-state index contributed by atoms with van der Waals surface area (Å²) in [7, 11) is 0. The molecule has 1 aliphatic heterocycles. The second kappa shape index (κ2) is 7.83. The molecule has 1 atom stereocenters. The van der Waals surface area contributed by atoms with Crippen molar-refractivity contribution in [2.45, 2.75) is 32.4 Å². The van der Waals surface area contributed by atoms with E-state index in [0.29, 0.717) is 43.5 Å². The molecule has 1 amide bonds. The fourth-order valence-electron chi connectivity index (χ4n) is 4.79. The first-order valence-electron chi connectivity index (χ1n) is 11.0. The number of benzene rings is 1. The summed E-state index contributed by atoms with van der Waals surface area (Å²) in [5.74, 6) is 1.14. The number of pyridine rings is 1. The van der Waals surface area contributed by atoms with Crippen molar-refractivity contribution >= 4 is 22.6 Å². The van der Waals surface area contributed by atoms with Gasteiger partial charge in [0.15, 0.2) is 0 Å². The van der Waals surface area contributed by atoms with Gasteiger partial charge in [-0.2, -0.15) is 13.2 Å². The van der Waals surface area contributed by atoms with Crippen LogP contribution in [0.15, 0.2) is 36.5 Å². The molecule has 3 heterocycles. The highest BCUT2D eigenvalue weighted by Crippen LogP contribution is 2.33. The van der Waals surface area contributed by atoms with E-state index in [1.54, 1.807) is 0 Å². The fourth-order valence-corrected chi connectivity index (χ4v) is 4.79. The lowest BCUT2D eigenvalue weighted by molar-refractivity contribution is -0.137. The number of piperazine rings is 1. The Morgan fingerprint density at radius 3 is 2.59 bits per heavy atom. The zero-order chi connectivity index (χ0) is 22.5. The van der Waals surface area contributed by atoms with Crippen LogP contribution in [0.25, 0.3) is 10.9 Å². The van der Waals surface area contributed by atoms with Gasteiger partial charge < -0.3 is 14.8 Å². The largest absolute Gasteiger partial charge is 0.417 e. The highest BCUT2D eigenvalue weighted by Gasteiger charge is 2.31. The smallest absolute Gasteiger partial charge is 0.358 e. The van der Waals surface area contributed by atoms with Crippen molar-refractivity contribution in [2.75, 3.05) is 31.1 Å². The van der Waals surface area contributed by atoms with Crippen LogP contribution in [0.1, 0.15) is 40.5 Å². The van der Waals surface area contributed by atoms with Crippen molar-refractivity contribution < 1.29 is 18.0 Å². The number of aryl methyl sites for hydroxylation is 1. The molecule has 1 fully saturated rings. The van der Waals surface area contributed by atoms with E-state index in [-0.39, 0.29) is 5.91 Å². The zero-order valence-corrected chi connectivity index (χ0v) is 17.9. The SMILES string of the molecule is C[C@@H]1CCc2[nH]c3ccc(C(=O)N4CCN(c5ccc(C(F)(F)F)cn5)CC4)cc3c2C1. The van der Waals surface area contributed by atoms with Crippen molar-refractivity contribution in [1.82, 2.24) is 14.9 Å². The second-order valence-corrected chi connectivity index (χ2v) is 8.87. The fraction of sp³-hybridized carbons (Fsp3) is 0.417. The first-order chi connectivity index (χ1) is 15.3. The average molecular weight is 442 g/mol. The zero-order valence-electron chi connectivity index (χ0n) is 17.9. The Bertz CT molecular complexity index is 1140. The number of anilines is 1. The summed E-state index contributed by atoms with van der Waals surface area (Å²) in [6.45, 7) is 4.33. The lowest BCUT2D eigenvalue weighted by atomic mass is 9.87. The lowest BCUT2D eigenvalue weighted by Gasteiger charge is -2.35. The number of hydrogen-bond donors (Lipinski definition) is 1. The molecule has 2 aliphatic rings. The van der Waals surface area contributed by atoms with Gasteiger partial charge in [0.25, 0.3) is 5.91 Å². The van der Waals surface area contributed by atoms with Gasteiger partial charge in [-0.25, -0.2) is 4.98 Å². The molecule has 1 saturated heterocycles. The highest BCUT2D eigenvalue weighted by atomic mass is 19.4. The maximum atomic E-state index is 13.2. The van der Waals surface area contributed by atoms with Gasteiger partial charge in [-0.05, 0) is 61.1 Å². The molecule has 5 nitrogen and oxygen atoms in total. The number of carbonyl (C=O) groups excluding carboxylic acids is 1. The second-order valence-electron chi connectivity index (χ2n) is 8.87. The Labute approximate surface area is 184 Å². The summed E-state index contributed by atoms with van der Waals surface area (Å²) < 4.78 is 38.3. The number of hydrogen-bond acceptors (Lipinski definition) is 3. The van der Waals surface area contributed by atoms with E-state index in [4.69, 9.17) is 0 Å². The van der Waals surface area contributed by atoms with E-state index in [9.17, 15) is 18.0 Å². The molecule has 32 heavy (non-hydrogen) atoms. The van der Waals surface area contributed by atoms with Crippen molar-refractivity contribution in [3.8, 4) is 0 Å². The van der Waals surface area contributed by atoms with E-state index in [1.807, 2.05) is 28.0 Å². The van der Waals surface area contributed by atoms with E-state index in [0.717, 1.165) is 36.0 Å². The first kappa shape index (κ1) is 20.8. The number of aromatic nitrogens is 2. The molecule has 1 N–H and O–H groups in total. The number of nitrogens with zero attached hydrogens (tertiary/aromatic N) is 3. The molecule has 2 aromatic heterocycles. The Hall–Kier alpha value is -3.03. The molecule has 8 heteroatoms. The van der Waals surface area contributed by atoms with Crippen LogP contribution in [0.5, 0.6) is 0 Å². The molecular weight excluding hydrogens is 417 g/mol. The van der Waals surface area contributed by atoms with Gasteiger partial charge in [-0.1, -0.05) is 6.92 Å². The molecule has 0 spiro atoms. The number of H-pyrrole nitrogens is 1. The van der Waals surface area contributed by atoms with Crippen LogP contribution in [-0.2, 0) is 19.0 Å². The Kier molecular flexibility index (Phi) is 5.10. The minimum Gasteiger partial charge on any atom is -0.358 e. The number of halogens is 3. The number of nitrogens with one attached hydrogen (secondary N) is 1. The minimum atomic E-state index is -4.39. The van der Waals surface area contributed by atoms with E-state index >= 15 is 0 Å². The maximum absolute atomic E-state index is 13.2. The van der Waals surface area contributed by atoms with E-state index in [2.05, 4.69) is 16.9 Å². The standard InChI is InChI=1S/C24H25F3N4O/c1-15-2-5-20-18(12-15)19-13-16(3-6-21(19)29-20)23(32)31-10-8-30(9-11-31)22-7-4-17(14-28-22)24(25,26)27/h3-4,6-7,13-15,29H,2,5,8-12H2,1H3/t15-/m1/s1. The molecule has 0 saturated carbocycles. The van der Waals surface area contributed by atoms with Crippen molar-refractivity contribution in [3.63, 3.8) is 0 Å². The third kappa shape index (κ3) is 3.82. The highest BCUT2D eigenvalue weighted by molar-refractivity contribution is 5.99. The first-order valence-corrected chi connectivity index (χ1v) is 11.0. The molecule has 0 radical (unpaired) electrons. The summed E-state index contributed by atoms with van der Waals surface area (Å²) in [6, 6.07) is 8.32. The molecule has 168 valence electrons. The summed E-state index contributed by atoms with van der Waals surface area (Å²) in [5, 5.41) is 1.14. The molecule has 0 unspecified atom stereocenters. The Morgan fingerprint density at radius 1 is 1.12 bits per heavy atom. The lowest BCUT2D eigenvalue weighted by Crippen LogP contribution is -2.49. The van der Waals surface area contributed by atoms with Gasteiger partial charge >= 0.3 is 6.18 Å². The normalized spacial score (nSPS) is 19.3. The minimum absolute atomic E-state index is 0.00858. The van der Waals surface area contributed by atoms with Crippen LogP contribution >= 0.6 is 0 Å². The molecular formula is C24H25F3N4O. The Morgan fingerprint density at radius 2 is 1.91 bits per heavy atom. The number of carbonyl (C=O) groups is 1. The van der Waals surface area contributed by atoms with Crippen LogP contribution in [0.4, 0.5) is 19.0 Å². The van der Waals surface area contributed by atoms with E-state index in [1.165, 1.54) is 23.7 Å². The van der Waals surface area contributed by atoms with Gasteiger partial charge in [-0.15, -0.1) is 0 Å². The van der Waals surface area contributed by atoms with Gasteiger partial charge in [0.1, 0.15) is 5.82 Å². The van der Waals surface area contributed by atoms with Gasteiger partial charge in [-0.3, -0.25) is 4.79 Å². The third-order valence-corrected chi connectivity index (χ3v) is 6.65. The molecule has 5 rings (SSSR count). The quantitative estimate of drug-likeness (QED) is 0.628. The van der Waals surface area contributed by atoms with Crippen LogP contribution in [0.3, 0.4) is 0 Å². The molecule has 0 bridgehead atoms. The van der Waals surface area contributed by atoms with Crippen LogP contribution < -0.4 is 4.90 Å². The van der Waals surface area contributed by atoms with E-state index < -0.39 is 11.7 Å². The monoisotopic (exact) mass is 442 g/mol. The predicted molar refractivity (Wildman–Crippen MR) is 117 cm³/mol. The van der Waals surface area contributed by atoms with Crippen LogP contribution in [0.2, 0.25) is 0 Å². The molecule has 3 aromatic rings. The summed E-state index contributed by atoms with van der Waals surface area (Å²) in [6.07, 6.45) is -0.265. The summed E-state index contributed by atoms with van der Waals surface area (Å²) in [4.78, 5) is 24.4. The molecule has 1 aliphatic carbocycles. The van der Waals surface area contributed by atoms with Crippen molar-refractivity contribution in [3.05, 3.63) is 58.9 Å². The van der Waals surface area contributed by atoms with Gasteiger partial charge in [0.2, 0.25) is 0 Å². The van der Waals surface area contributed by atoms with Crippen molar-refractivity contribution in [2.24, 2.45) is 5.92 Å². The average Bonchev–Trinajstić information content (AvgIpc) is 3.15. The van der Waals surface area contributed by atoms with Gasteiger partial charge in [0.05, 0.1) is 5.56 Å². The van der Waals surface area contributed by atoms with Crippen molar-refractivity contribution in [1.29, 1.82) is 0 Å². The Balaban J connectivity index is 1.28. The topological polar surface area (TPSA) is 52.2 Å². The number of aromatic amines is 1. The maximum Gasteiger partial charge on any atom is 0.417 e. The number of amides is 1. The van der Waals surface area contributed by atoms with Gasteiger partial charge in [0, 0.05) is 54.5 Å².